The molecule has 0 atom stereocenters. The van der Waals surface area contributed by atoms with Crippen LogP contribution in [-0.2, 0) is 4.79 Å². The van der Waals surface area contributed by atoms with E-state index in [0.717, 1.165) is 27.9 Å². The van der Waals surface area contributed by atoms with E-state index in [-0.39, 0.29) is 17.2 Å². The van der Waals surface area contributed by atoms with E-state index in [1.165, 1.54) is 17.8 Å². The number of carbonyl (C=O) groups is 1. The summed E-state index contributed by atoms with van der Waals surface area (Å²) in [6.45, 7) is 2.00. The van der Waals surface area contributed by atoms with Gasteiger partial charge in [-0.15, -0.1) is 11.8 Å². The minimum absolute atomic E-state index is 0.0761. The number of halogens is 2. The smallest absolute Gasteiger partial charge is 0.248 e. The fraction of sp³-hybridized carbons (Fsp3) is 0.125. The first-order chi connectivity index (χ1) is 11.5. The Kier molecular flexibility index (Phi) is 4.96. The SMILES string of the molecule is Cc1ccc(SCC(=O)NNc2nc3c(F)cc(F)cc3s2)cc1. The number of aromatic nitrogens is 1. The standard InChI is InChI=1S/C16H13F2N3OS2/c1-9-2-4-11(5-3-9)23-8-14(22)20-21-16-19-15-12(18)6-10(17)7-13(15)24-16/h2-7H,8H2,1H3,(H,19,21)(H,20,22). The van der Waals surface area contributed by atoms with Gasteiger partial charge in [0.15, 0.2) is 5.82 Å². The molecule has 3 aromatic rings. The number of rotatable bonds is 5. The number of hydrogen-bond donors (Lipinski definition) is 2. The summed E-state index contributed by atoms with van der Waals surface area (Å²) in [6.07, 6.45) is 0. The van der Waals surface area contributed by atoms with E-state index in [4.69, 9.17) is 0 Å². The monoisotopic (exact) mass is 365 g/mol. The quantitative estimate of drug-likeness (QED) is 0.528. The molecule has 0 fully saturated rings. The Morgan fingerprint density at radius 1 is 1.25 bits per heavy atom. The van der Waals surface area contributed by atoms with Crippen molar-refractivity contribution in [1.82, 2.24) is 10.4 Å². The van der Waals surface area contributed by atoms with Gasteiger partial charge in [0, 0.05) is 11.0 Å². The number of amides is 1. The molecule has 0 saturated heterocycles. The largest absolute Gasteiger partial charge is 0.273 e. The number of carbonyl (C=O) groups excluding carboxylic acids is 1. The highest BCUT2D eigenvalue weighted by atomic mass is 32.2. The summed E-state index contributed by atoms with van der Waals surface area (Å²) in [6, 6.07) is 9.84. The number of aryl methyl sites for hydroxylation is 1. The zero-order chi connectivity index (χ0) is 17.1. The fourth-order valence-electron chi connectivity index (χ4n) is 1.95. The van der Waals surface area contributed by atoms with Crippen LogP contribution in [0.25, 0.3) is 10.2 Å². The second-order valence-corrected chi connectivity index (χ2v) is 7.11. The average molecular weight is 365 g/mol. The number of thioether (sulfide) groups is 1. The minimum Gasteiger partial charge on any atom is -0.273 e. The lowest BCUT2D eigenvalue weighted by molar-refractivity contribution is -0.118. The number of benzene rings is 2. The number of nitrogens with zero attached hydrogens (tertiary/aromatic N) is 1. The molecule has 0 aliphatic heterocycles. The molecule has 8 heteroatoms. The Balaban J connectivity index is 1.56. The average Bonchev–Trinajstić information content (AvgIpc) is 2.95. The van der Waals surface area contributed by atoms with Gasteiger partial charge in [0.2, 0.25) is 11.0 Å². The van der Waals surface area contributed by atoms with Crippen LogP contribution >= 0.6 is 23.1 Å². The molecule has 0 saturated carbocycles. The van der Waals surface area contributed by atoms with Crippen LogP contribution < -0.4 is 10.9 Å². The number of fused-ring (bicyclic) bond motifs is 1. The van der Waals surface area contributed by atoms with Gasteiger partial charge in [-0.1, -0.05) is 29.0 Å². The molecule has 2 N–H and O–H groups in total. The van der Waals surface area contributed by atoms with E-state index in [9.17, 15) is 13.6 Å². The summed E-state index contributed by atoms with van der Waals surface area (Å²) in [5, 5.41) is 0.295. The van der Waals surface area contributed by atoms with Crippen molar-refractivity contribution in [2.45, 2.75) is 11.8 Å². The van der Waals surface area contributed by atoms with Gasteiger partial charge in [0.1, 0.15) is 11.3 Å². The first-order valence-corrected chi connectivity index (χ1v) is 8.81. The molecule has 24 heavy (non-hydrogen) atoms. The van der Waals surface area contributed by atoms with E-state index in [1.807, 2.05) is 31.2 Å². The van der Waals surface area contributed by atoms with Crippen molar-refractivity contribution >= 4 is 44.4 Å². The normalized spacial score (nSPS) is 10.8. The topological polar surface area (TPSA) is 54.0 Å². The van der Waals surface area contributed by atoms with Crippen molar-refractivity contribution in [3.63, 3.8) is 0 Å². The number of hydrogen-bond acceptors (Lipinski definition) is 5. The molecular formula is C16H13F2N3OS2. The van der Waals surface area contributed by atoms with Crippen LogP contribution in [0.4, 0.5) is 13.9 Å². The molecule has 0 radical (unpaired) electrons. The number of nitrogens with one attached hydrogen (secondary N) is 2. The van der Waals surface area contributed by atoms with E-state index in [0.29, 0.717) is 9.83 Å². The van der Waals surface area contributed by atoms with E-state index in [1.54, 1.807) is 0 Å². The van der Waals surface area contributed by atoms with Crippen molar-refractivity contribution < 1.29 is 13.6 Å². The summed E-state index contributed by atoms with van der Waals surface area (Å²) < 4.78 is 27.1. The van der Waals surface area contributed by atoms with Crippen molar-refractivity contribution in [3.8, 4) is 0 Å². The van der Waals surface area contributed by atoms with Gasteiger partial charge in [0.05, 0.1) is 10.5 Å². The van der Waals surface area contributed by atoms with Gasteiger partial charge in [-0.25, -0.2) is 13.8 Å². The Bertz CT molecular complexity index is 881. The summed E-state index contributed by atoms with van der Waals surface area (Å²) in [4.78, 5) is 16.8. The third-order valence-corrected chi connectivity index (χ3v) is 5.04. The predicted molar refractivity (Wildman–Crippen MR) is 93.2 cm³/mol. The van der Waals surface area contributed by atoms with E-state index in [2.05, 4.69) is 15.8 Å². The molecule has 1 aromatic heterocycles. The predicted octanol–water partition coefficient (Wildman–Crippen LogP) is 4.12. The third kappa shape index (κ3) is 4.01. The van der Waals surface area contributed by atoms with Crippen LogP contribution in [-0.4, -0.2) is 16.6 Å². The van der Waals surface area contributed by atoms with Gasteiger partial charge >= 0.3 is 0 Å². The maximum atomic E-state index is 13.6. The highest BCUT2D eigenvalue weighted by molar-refractivity contribution is 8.00. The zero-order valence-corrected chi connectivity index (χ0v) is 14.2. The van der Waals surface area contributed by atoms with Crippen molar-refractivity contribution in [3.05, 3.63) is 53.6 Å². The molecule has 0 spiro atoms. The van der Waals surface area contributed by atoms with Crippen LogP contribution in [0.15, 0.2) is 41.3 Å². The molecule has 2 aromatic carbocycles. The van der Waals surface area contributed by atoms with Crippen LogP contribution in [0.1, 0.15) is 5.56 Å². The van der Waals surface area contributed by atoms with Crippen LogP contribution in [0.3, 0.4) is 0 Å². The van der Waals surface area contributed by atoms with Crippen molar-refractivity contribution in [1.29, 1.82) is 0 Å². The fourth-order valence-corrected chi connectivity index (χ4v) is 3.51. The molecule has 3 rings (SSSR count). The Labute approximate surface area is 145 Å². The molecule has 1 heterocycles. The highest BCUT2D eigenvalue weighted by Gasteiger charge is 2.11. The van der Waals surface area contributed by atoms with E-state index >= 15 is 0 Å². The molecule has 4 nitrogen and oxygen atoms in total. The maximum absolute atomic E-state index is 13.6. The van der Waals surface area contributed by atoms with Gasteiger partial charge in [-0.3, -0.25) is 15.6 Å². The zero-order valence-electron chi connectivity index (χ0n) is 12.6. The van der Waals surface area contributed by atoms with Gasteiger partial charge in [0.25, 0.3) is 0 Å². The number of thiazole rings is 1. The summed E-state index contributed by atoms with van der Waals surface area (Å²) in [5.74, 6) is -1.40. The second-order valence-electron chi connectivity index (χ2n) is 5.03. The first-order valence-electron chi connectivity index (χ1n) is 7.01. The summed E-state index contributed by atoms with van der Waals surface area (Å²) >= 11 is 2.46. The molecule has 0 aliphatic carbocycles. The molecule has 1 amide bonds. The lowest BCUT2D eigenvalue weighted by atomic mass is 10.2. The van der Waals surface area contributed by atoms with Crippen molar-refractivity contribution in [2.75, 3.05) is 11.2 Å². The molecule has 0 aliphatic rings. The Hall–Kier alpha value is -2.19. The van der Waals surface area contributed by atoms with Gasteiger partial charge in [-0.05, 0) is 25.1 Å². The second kappa shape index (κ2) is 7.14. The highest BCUT2D eigenvalue weighted by Crippen LogP contribution is 2.28. The van der Waals surface area contributed by atoms with Crippen LogP contribution in [0.5, 0.6) is 0 Å². The van der Waals surface area contributed by atoms with Crippen LogP contribution in [0, 0.1) is 18.6 Å². The maximum Gasteiger partial charge on any atom is 0.248 e. The van der Waals surface area contributed by atoms with Crippen LogP contribution in [0.2, 0.25) is 0 Å². The summed E-state index contributed by atoms with van der Waals surface area (Å²) in [5.41, 5.74) is 6.36. The third-order valence-electron chi connectivity index (χ3n) is 3.11. The molecular weight excluding hydrogens is 352 g/mol. The lowest BCUT2D eigenvalue weighted by Crippen LogP contribution is -2.30. The number of hydrazine groups is 1. The lowest BCUT2D eigenvalue weighted by Gasteiger charge is -2.05. The van der Waals surface area contributed by atoms with Crippen molar-refractivity contribution in [2.24, 2.45) is 0 Å². The Morgan fingerprint density at radius 2 is 2.00 bits per heavy atom. The molecule has 0 bridgehead atoms. The Morgan fingerprint density at radius 3 is 2.75 bits per heavy atom. The minimum atomic E-state index is -0.726. The first kappa shape index (κ1) is 16.7. The molecule has 124 valence electrons. The van der Waals surface area contributed by atoms with Gasteiger partial charge in [-0.2, -0.15) is 0 Å². The number of anilines is 1. The van der Waals surface area contributed by atoms with Gasteiger partial charge < -0.3 is 0 Å². The van der Waals surface area contributed by atoms with E-state index < -0.39 is 11.6 Å². The molecule has 0 unspecified atom stereocenters. The summed E-state index contributed by atoms with van der Waals surface area (Å²) in [7, 11) is 0.